The summed E-state index contributed by atoms with van der Waals surface area (Å²) in [5.41, 5.74) is 1.95. The number of carbonyl (C=O) groups is 2. The summed E-state index contributed by atoms with van der Waals surface area (Å²) < 4.78 is 15.4. The lowest BCUT2D eigenvalue weighted by Gasteiger charge is -2.24. The quantitative estimate of drug-likeness (QED) is 0.799. The number of hydrogen-bond acceptors (Lipinski definition) is 5. The average Bonchev–Trinajstić information content (AvgIpc) is 3.05. The van der Waals surface area contributed by atoms with Gasteiger partial charge in [0.05, 0.1) is 26.9 Å². The summed E-state index contributed by atoms with van der Waals surface area (Å²) in [7, 11) is 4.34. The predicted molar refractivity (Wildman–Crippen MR) is 92.3 cm³/mol. The molecular formula is C19H19NO5. The van der Waals surface area contributed by atoms with Crippen molar-refractivity contribution in [2.45, 2.75) is 12.5 Å². The monoisotopic (exact) mass is 341 g/mol. The summed E-state index contributed by atoms with van der Waals surface area (Å²) in [6.07, 6.45) is 0.418. The van der Waals surface area contributed by atoms with Crippen LogP contribution in [0.5, 0.6) is 11.5 Å². The molecule has 2 aromatic rings. The molecule has 0 saturated heterocycles. The number of amides is 1. The predicted octanol–water partition coefficient (Wildman–Crippen LogP) is 2.45. The van der Waals surface area contributed by atoms with Gasteiger partial charge in [0, 0.05) is 12.1 Å². The molecule has 0 N–H and O–H groups in total. The molecule has 1 amide bonds. The van der Waals surface area contributed by atoms with Crippen molar-refractivity contribution in [3.63, 3.8) is 0 Å². The smallest absolute Gasteiger partial charge is 0.329 e. The number of fused-ring (bicyclic) bond motifs is 1. The van der Waals surface area contributed by atoms with Crippen molar-refractivity contribution in [3.8, 4) is 11.5 Å². The molecule has 3 rings (SSSR count). The van der Waals surface area contributed by atoms with Crippen molar-refractivity contribution in [2.75, 3.05) is 26.2 Å². The van der Waals surface area contributed by atoms with E-state index in [1.807, 2.05) is 24.3 Å². The van der Waals surface area contributed by atoms with Gasteiger partial charge in [-0.1, -0.05) is 18.2 Å². The minimum Gasteiger partial charge on any atom is -0.497 e. The number of methoxy groups -OCH3 is 3. The Balaban J connectivity index is 2.09. The van der Waals surface area contributed by atoms with Crippen molar-refractivity contribution in [1.29, 1.82) is 0 Å². The molecule has 2 aromatic carbocycles. The largest absolute Gasteiger partial charge is 0.497 e. The number of esters is 1. The van der Waals surface area contributed by atoms with Gasteiger partial charge in [0.15, 0.2) is 0 Å². The molecule has 1 heterocycles. The number of hydrogen-bond donors (Lipinski definition) is 0. The standard InChI is InChI=1S/C19H19NO5/c1-23-13-8-9-17(24-2)14(11-13)18(21)20-15-7-5-4-6-12(15)10-16(20)19(22)25-3/h4-9,11,16H,10H2,1-3H3/t16-/m1/s1. The van der Waals surface area contributed by atoms with Gasteiger partial charge in [-0.15, -0.1) is 0 Å². The zero-order valence-electron chi connectivity index (χ0n) is 14.3. The van der Waals surface area contributed by atoms with Crippen molar-refractivity contribution in [2.24, 2.45) is 0 Å². The second-order valence-electron chi connectivity index (χ2n) is 5.61. The molecule has 6 nitrogen and oxygen atoms in total. The van der Waals surface area contributed by atoms with E-state index in [1.54, 1.807) is 18.2 Å². The molecule has 6 heteroatoms. The van der Waals surface area contributed by atoms with Crippen molar-refractivity contribution >= 4 is 17.6 Å². The highest BCUT2D eigenvalue weighted by Gasteiger charge is 2.40. The number of nitrogens with zero attached hydrogens (tertiary/aromatic N) is 1. The fourth-order valence-corrected chi connectivity index (χ4v) is 3.07. The lowest BCUT2D eigenvalue weighted by molar-refractivity contribution is -0.141. The molecule has 0 aliphatic carbocycles. The first-order chi connectivity index (χ1) is 12.1. The van der Waals surface area contributed by atoms with Crippen LogP contribution in [0, 0.1) is 0 Å². The Morgan fingerprint density at radius 1 is 1.04 bits per heavy atom. The van der Waals surface area contributed by atoms with Crippen LogP contribution in [0.3, 0.4) is 0 Å². The third-order valence-electron chi connectivity index (χ3n) is 4.31. The number of benzene rings is 2. The fourth-order valence-electron chi connectivity index (χ4n) is 3.07. The van der Waals surface area contributed by atoms with Gasteiger partial charge < -0.3 is 14.2 Å². The molecule has 1 aliphatic heterocycles. The van der Waals surface area contributed by atoms with Crippen LogP contribution < -0.4 is 14.4 Å². The number of para-hydroxylation sites is 1. The Hall–Kier alpha value is -3.02. The summed E-state index contributed by atoms with van der Waals surface area (Å²) in [5, 5.41) is 0. The summed E-state index contributed by atoms with van der Waals surface area (Å²) in [4.78, 5) is 27.0. The van der Waals surface area contributed by atoms with E-state index in [-0.39, 0.29) is 5.91 Å². The molecule has 0 spiro atoms. The van der Waals surface area contributed by atoms with Crippen LogP contribution in [0.2, 0.25) is 0 Å². The maximum Gasteiger partial charge on any atom is 0.329 e. The van der Waals surface area contributed by atoms with Crippen LogP contribution in [0.4, 0.5) is 5.69 Å². The maximum absolute atomic E-state index is 13.3. The molecule has 130 valence electrons. The van der Waals surface area contributed by atoms with Crippen LogP contribution in [0.15, 0.2) is 42.5 Å². The highest BCUT2D eigenvalue weighted by molar-refractivity contribution is 6.12. The van der Waals surface area contributed by atoms with Crippen LogP contribution in [-0.4, -0.2) is 39.2 Å². The first-order valence-electron chi connectivity index (χ1n) is 7.82. The fraction of sp³-hybridized carbons (Fsp3) is 0.263. The van der Waals surface area contributed by atoms with Crippen LogP contribution in [0.1, 0.15) is 15.9 Å². The van der Waals surface area contributed by atoms with Crippen molar-refractivity contribution < 1.29 is 23.8 Å². The van der Waals surface area contributed by atoms with Gasteiger partial charge >= 0.3 is 5.97 Å². The number of ether oxygens (including phenoxy) is 3. The van der Waals surface area contributed by atoms with Gasteiger partial charge in [0.25, 0.3) is 5.91 Å². The Bertz CT molecular complexity index is 817. The van der Waals surface area contributed by atoms with E-state index in [9.17, 15) is 9.59 Å². The molecular weight excluding hydrogens is 322 g/mol. The van der Waals surface area contributed by atoms with Gasteiger partial charge in [-0.3, -0.25) is 9.69 Å². The number of carbonyl (C=O) groups excluding carboxylic acids is 2. The number of anilines is 1. The molecule has 1 atom stereocenters. The molecule has 0 aromatic heterocycles. The molecule has 0 bridgehead atoms. The second-order valence-corrected chi connectivity index (χ2v) is 5.61. The SMILES string of the molecule is COC(=O)[C@H]1Cc2ccccc2N1C(=O)c1cc(OC)ccc1OC. The zero-order valence-corrected chi connectivity index (χ0v) is 14.3. The topological polar surface area (TPSA) is 65.1 Å². The van der Waals surface area contributed by atoms with Gasteiger partial charge in [-0.05, 0) is 29.8 Å². The van der Waals surface area contributed by atoms with Crippen molar-refractivity contribution in [1.82, 2.24) is 0 Å². The Labute approximate surface area is 145 Å². The highest BCUT2D eigenvalue weighted by Crippen LogP contribution is 2.36. The third-order valence-corrected chi connectivity index (χ3v) is 4.31. The summed E-state index contributed by atoms with van der Waals surface area (Å²) >= 11 is 0. The molecule has 0 radical (unpaired) electrons. The highest BCUT2D eigenvalue weighted by atomic mass is 16.5. The van der Waals surface area contributed by atoms with E-state index in [2.05, 4.69) is 0 Å². The minimum absolute atomic E-state index is 0.326. The average molecular weight is 341 g/mol. The van der Waals surface area contributed by atoms with Crippen LogP contribution in [0.25, 0.3) is 0 Å². The first kappa shape index (κ1) is 16.8. The maximum atomic E-state index is 13.3. The molecule has 0 fully saturated rings. The first-order valence-corrected chi connectivity index (χ1v) is 7.82. The Morgan fingerprint density at radius 2 is 1.80 bits per heavy atom. The minimum atomic E-state index is -0.703. The number of rotatable bonds is 4. The van der Waals surface area contributed by atoms with E-state index in [0.717, 1.165) is 5.56 Å². The Kier molecular flexibility index (Phi) is 4.61. The van der Waals surface area contributed by atoms with Crippen LogP contribution >= 0.6 is 0 Å². The molecule has 1 aliphatic rings. The Morgan fingerprint density at radius 3 is 2.48 bits per heavy atom. The summed E-state index contributed by atoms with van der Waals surface area (Å²) in [6, 6.07) is 11.7. The van der Waals surface area contributed by atoms with E-state index in [0.29, 0.717) is 29.2 Å². The zero-order chi connectivity index (χ0) is 18.0. The van der Waals surface area contributed by atoms with Gasteiger partial charge in [0.2, 0.25) is 0 Å². The van der Waals surface area contributed by atoms with E-state index < -0.39 is 12.0 Å². The van der Waals surface area contributed by atoms with E-state index in [4.69, 9.17) is 14.2 Å². The van der Waals surface area contributed by atoms with Gasteiger partial charge in [-0.25, -0.2) is 4.79 Å². The summed E-state index contributed by atoms with van der Waals surface area (Å²) in [5.74, 6) is 0.160. The van der Waals surface area contributed by atoms with Gasteiger partial charge in [0.1, 0.15) is 17.5 Å². The third kappa shape index (κ3) is 2.91. The summed E-state index contributed by atoms with van der Waals surface area (Å²) in [6.45, 7) is 0. The molecule has 0 unspecified atom stereocenters. The van der Waals surface area contributed by atoms with E-state index >= 15 is 0 Å². The van der Waals surface area contributed by atoms with Gasteiger partial charge in [-0.2, -0.15) is 0 Å². The normalized spacial score (nSPS) is 15.5. The van der Waals surface area contributed by atoms with Crippen molar-refractivity contribution in [3.05, 3.63) is 53.6 Å². The second kappa shape index (κ2) is 6.84. The molecule has 25 heavy (non-hydrogen) atoms. The lowest BCUT2D eigenvalue weighted by Crippen LogP contribution is -2.43. The molecule has 0 saturated carbocycles. The van der Waals surface area contributed by atoms with Crippen LogP contribution in [-0.2, 0) is 16.0 Å². The lowest BCUT2D eigenvalue weighted by atomic mass is 10.1. The van der Waals surface area contributed by atoms with E-state index in [1.165, 1.54) is 26.2 Å².